The molecular weight excluding hydrogens is 492 g/mol. The van der Waals surface area contributed by atoms with Gasteiger partial charge >= 0.3 is 6.09 Å². The number of hydrogen-bond donors (Lipinski definition) is 1. The quantitative estimate of drug-likeness (QED) is 0.328. The monoisotopic (exact) mass is 528 g/mol. The summed E-state index contributed by atoms with van der Waals surface area (Å²) in [6.07, 6.45) is 9.30. The molecule has 0 unspecified atom stereocenters. The van der Waals surface area contributed by atoms with Crippen molar-refractivity contribution in [1.29, 1.82) is 0 Å². The van der Waals surface area contributed by atoms with E-state index in [4.69, 9.17) is 16.3 Å². The number of halogens is 1. The minimum absolute atomic E-state index is 0.0742. The Morgan fingerprint density at radius 2 is 1.78 bits per heavy atom. The van der Waals surface area contributed by atoms with Crippen molar-refractivity contribution in [1.82, 2.24) is 19.4 Å². The number of carbonyl (C=O) groups excluding carboxylic acids is 2. The van der Waals surface area contributed by atoms with Gasteiger partial charge in [0.2, 0.25) is 0 Å². The molecule has 0 atom stereocenters. The molecule has 3 heterocycles. The van der Waals surface area contributed by atoms with E-state index < -0.39 is 5.60 Å². The van der Waals surface area contributed by atoms with Gasteiger partial charge in [-0.1, -0.05) is 35.9 Å². The van der Waals surface area contributed by atoms with Gasteiger partial charge in [-0.05, 0) is 59.6 Å². The SMILES string of the molecule is C/C=C(C(=O)N1CCN(C(=O)OC(C)(C)C)CC1)\C(Cl)=C/Cc1cn(C/C=C/C)c(=O)c2[nH]c(C)cc12. The smallest absolute Gasteiger partial charge is 0.410 e. The molecule has 200 valence electrons. The Bertz CT molecular complexity index is 1300. The van der Waals surface area contributed by atoms with Crippen molar-refractivity contribution in [3.05, 3.63) is 68.8 Å². The molecule has 2 aromatic rings. The summed E-state index contributed by atoms with van der Waals surface area (Å²) < 4.78 is 7.11. The zero-order valence-corrected chi connectivity index (χ0v) is 23.3. The van der Waals surface area contributed by atoms with Crippen LogP contribution in [-0.2, 0) is 22.5 Å². The third-order valence-corrected chi connectivity index (χ3v) is 6.48. The van der Waals surface area contributed by atoms with Crippen LogP contribution in [0, 0.1) is 6.92 Å². The van der Waals surface area contributed by atoms with Crippen LogP contribution in [0.3, 0.4) is 0 Å². The summed E-state index contributed by atoms with van der Waals surface area (Å²) in [5.41, 5.74) is 2.18. The van der Waals surface area contributed by atoms with E-state index in [1.165, 1.54) is 0 Å². The lowest BCUT2D eigenvalue weighted by Gasteiger charge is -2.36. The number of amides is 2. The molecule has 0 radical (unpaired) electrons. The van der Waals surface area contributed by atoms with Gasteiger partial charge in [0.1, 0.15) is 11.1 Å². The summed E-state index contributed by atoms with van der Waals surface area (Å²) in [5.74, 6) is -0.173. The normalized spacial score (nSPS) is 15.6. The fraction of sp³-hybridized carbons (Fsp3) is 0.464. The Labute approximate surface area is 223 Å². The van der Waals surface area contributed by atoms with Crippen LogP contribution in [0.4, 0.5) is 4.79 Å². The van der Waals surface area contributed by atoms with E-state index >= 15 is 0 Å². The van der Waals surface area contributed by atoms with Gasteiger partial charge in [0.15, 0.2) is 0 Å². The molecule has 0 spiro atoms. The summed E-state index contributed by atoms with van der Waals surface area (Å²) in [7, 11) is 0. The molecule has 8 nitrogen and oxygen atoms in total. The minimum Gasteiger partial charge on any atom is -0.444 e. The Kier molecular flexibility index (Phi) is 9.07. The Balaban J connectivity index is 1.74. The fourth-order valence-corrected chi connectivity index (χ4v) is 4.52. The van der Waals surface area contributed by atoms with E-state index in [0.29, 0.717) is 55.3 Å². The second kappa shape index (κ2) is 11.9. The molecule has 2 aromatic heterocycles. The average Bonchev–Trinajstić information content (AvgIpc) is 3.24. The van der Waals surface area contributed by atoms with Crippen LogP contribution >= 0.6 is 11.6 Å². The fourth-order valence-electron chi connectivity index (χ4n) is 4.25. The second-order valence-electron chi connectivity index (χ2n) is 10.1. The first-order valence-electron chi connectivity index (χ1n) is 12.6. The highest BCUT2D eigenvalue weighted by atomic mass is 35.5. The van der Waals surface area contributed by atoms with Gasteiger partial charge in [-0.15, -0.1) is 0 Å². The highest BCUT2D eigenvalue weighted by Crippen LogP contribution is 2.23. The van der Waals surface area contributed by atoms with Crippen LogP contribution in [-0.4, -0.2) is 63.1 Å². The number of rotatable bonds is 6. The maximum atomic E-state index is 13.3. The average molecular weight is 529 g/mol. The van der Waals surface area contributed by atoms with Crippen molar-refractivity contribution in [3.63, 3.8) is 0 Å². The lowest BCUT2D eigenvalue weighted by molar-refractivity contribution is -0.128. The van der Waals surface area contributed by atoms with Crippen molar-refractivity contribution in [2.75, 3.05) is 26.2 Å². The van der Waals surface area contributed by atoms with Crippen LogP contribution < -0.4 is 5.56 Å². The molecular formula is C28H37ClN4O4. The zero-order chi connectivity index (χ0) is 27.3. The summed E-state index contributed by atoms with van der Waals surface area (Å²) in [5, 5.41) is 1.21. The first-order chi connectivity index (χ1) is 17.4. The van der Waals surface area contributed by atoms with Crippen molar-refractivity contribution in [2.45, 2.75) is 60.1 Å². The lowest BCUT2D eigenvalue weighted by Crippen LogP contribution is -2.51. The molecule has 2 amide bonds. The molecule has 1 aliphatic heterocycles. The van der Waals surface area contributed by atoms with Crippen molar-refractivity contribution in [3.8, 4) is 0 Å². The Morgan fingerprint density at radius 3 is 2.38 bits per heavy atom. The first kappa shape index (κ1) is 28.3. The molecule has 37 heavy (non-hydrogen) atoms. The molecule has 1 N–H and O–H groups in total. The molecule has 0 aromatic carbocycles. The van der Waals surface area contributed by atoms with Gasteiger partial charge in [0, 0.05) is 55.0 Å². The van der Waals surface area contributed by atoms with Gasteiger partial charge in [-0.25, -0.2) is 4.79 Å². The number of H-pyrrole nitrogens is 1. The van der Waals surface area contributed by atoms with Crippen LogP contribution in [0.15, 0.2) is 52.0 Å². The molecule has 0 aliphatic carbocycles. The van der Waals surface area contributed by atoms with Gasteiger partial charge in [-0.2, -0.15) is 0 Å². The lowest BCUT2D eigenvalue weighted by atomic mass is 10.1. The number of aromatic amines is 1. The van der Waals surface area contributed by atoms with Crippen LogP contribution in [0.25, 0.3) is 10.9 Å². The van der Waals surface area contributed by atoms with Gasteiger partial charge in [-0.3, -0.25) is 9.59 Å². The number of piperazine rings is 1. The number of pyridine rings is 1. The summed E-state index contributed by atoms with van der Waals surface area (Å²) in [6.45, 7) is 13.2. The zero-order valence-electron chi connectivity index (χ0n) is 22.6. The third-order valence-electron chi connectivity index (χ3n) is 6.12. The predicted octanol–water partition coefficient (Wildman–Crippen LogP) is 4.90. The third kappa shape index (κ3) is 6.95. The molecule has 0 saturated carbocycles. The number of aryl methyl sites for hydroxylation is 1. The molecule has 0 bridgehead atoms. The largest absolute Gasteiger partial charge is 0.444 e. The van der Waals surface area contributed by atoms with Crippen LogP contribution in [0.1, 0.15) is 45.9 Å². The summed E-state index contributed by atoms with van der Waals surface area (Å²) in [6, 6.07) is 1.96. The van der Waals surface area contributed by atoms with E-state index in [-0.39, 0.29) is 17.6 Å². The number of allylic oxidation sites excluding steroid dienone is 4. The minimum atomic E-state index is -0.564. The predicted molar refractivity (Wildman–Crippen MR) is 148 cm³/mol. The first-order valence-corrected chi connectivity index (χ1v) is 12.9. The van der Waals surface area contributed by atoms with Crippen molar-refractivity contribution >= 4 is 34.5 Å². The Morgan fingerprint density at radius 1 is 1.14 bits per heavy atom. The molecule has 3 rings (SSSR count). The highest BCUT2D eigenvalue weighted by molar-refractivity contribution is 6.35. The van der Waals surface area contributed by atoms with E-state index in [9.17, 15) is 14.4 Å². The molecule has 1 aliphatic rings. The number of nitrogens with zero attached hydrogens (tertiary/aromatic N) is 3. The van der Waals surface area contributed by atoms with Crippen molar-refractivity contribution in [2.24, 2.45) is 0 Å². The van der Waals surface area contributed by atoms with E-state index in [1.807, 2.05) is 65.1 Å². The summed E-state index contributed by atoms with van der Waals surface area (Å²) >= 11 is 6.65. The van der Waals surface area contributed by atoms with Gasteiger partial charge < -0.3 is 24.1 Å². The second-order valence-corrected chi connectivity index (χ2v) is 10.5. The number of fused-ring (bicyclic) bond motifs is 1. The number of aromatic nitrogens is 2. The Hall–Kier alpha value is -3.26. The number of carbonyl (C=O) groups is 2. The molecule has 9 heteroatoms. The van der Waals surface area contributed by atoms with Crippen LogP contribution in [0.2, 0.25) is 0 Å². The topological polar surface area (TPSA) is 87.6 Å². The number of ether oxygens (including phenoxy) is 1. The van der Waals surface area contributed by atoms with Gasteiger partial charge in [0.05, 0.1) is 5.57 Å². The van der Waals surface area contributed by atoms with Gasteiger partial charge in [0.25, 0.3) is 11.5 Å². The molecule has 1 fully saturated rings. The van der Waals surface area contributed by atoms with E-state index in [0.717, 1.165) is 16.6 Å². The maximum Gasteiger partial charge on any atom is 0.410 e. The molecule has 1 saturated heterocycles. The number of nitrogens with one attached hydrogen (secondary N) is 1. The standard InChI is InChI=1S/C28H37ClN4O4/c1-7-9-12-33-18-20(22-17-19(3)30-24(22)26(33)35)10-11-23(29)21(8-2)25(34)31-13-15-32(16-14-31)27(36)37-28(4,5)6/h7-9,11,17-18,30H,10,12-16H2,1-6H3/b9-7+,21-8+,23-11+. The van der Waals surface area contributed by atoms with Crippen LogP contribution in [0.5, 0.6) is 0 Å². The number of hydrogen-bond acceptors (Lipinski definition) is 4. The maximum absolute atomic E-state index is 13.3. The van der Waals surface area contributed by atoms with E-state index in [2.05, 4.69) is 4.98 Å². The highest BCUT2D eigenvalue weighted by Gasteiger charge is 2.29. The van der Waals surface area contributed by atoms with Crippen molar-refractivity contribution < 1.29 is 14.3 Å². The summed E-state index contributed by atoms with van der Waals surface area (Å²) in [4.78, 5) is 44.9. The van der Waals surface area contributed by atoms with E-state index in [1.54, 1.807) is 27.4 Å².